The van der Waals surface area contributed by atoms with Crippen molar-refractivity contribution in [2.24, 2.45) is 0 Å². The highest BCUT2D eigenvalue weighted by atomic mass is 16.6. The Kier molecular flexibility index (Phi) is 5.98. The molecule has 0 bridgehead atoms. The van der Waals surface area contributed by atoms with Gasteiger partial charge < -0.3 is 9.64 Å². The minimum atomic E-state index is -0.492. The van der Waals surface area contributed by atoms with Crippen LogP contribution in [0.5, 0.6) is 0 Å². The average Bonchev–Trinajstić information content (AvgIpc) is 2.59. The first kappa shape index (κ1) is 19.2. The van der Waals surface area contributed by atoms with Crippen LogP contribution in [-0.2, 0) is 4.74 Å². The van der Waals surface area contributed by atoms with Crippen LogP contribution in [0.1, 0.15) is 79.2 Å². The SMILES string of the molecule is CCC(=O)c1cc(C2CCN(C(=O)OC(C)(C)C)CC2)ccc1C=O. The van der Waals surface area contributed by atoms with Crippen LogP contribution in [0.3, 0.4) is 0 Å². The number of carbonyl (C=O) groups excluding carboxylic acids is 3. The first-order chi connectivity index (χ1) is 11.7. The number of hydrogen-bond donors (Lipinski definition) is 0. The van der Waals surface area contributed by atoms with Crippen molar-refractivity contribution in [1.82, 2.24) is 4.90 Å². The molecule has 0 spiro atoms. The molecule has 5 heteroatoms. The van der Waals surface area contributed by atoms with Gasteiger partial charge in [0.15, 0.2) is 12.1 Å². The average molecular weight is 345 g/mol. The molecule has 1 amide bonds. The summed E-state index contributed by atoms with van der Waals surface area (Å²) in [5.41, 5.74) is 1.52. The van der Waals surface area contributed by atoms with Crippen molar-refractivity contribution in [3.63, 3.8) is 0 Å². The first-order valence-electron chi connectivity index (χ1n) is 8.85. The van der Waals surface area contributed by atoms with Crippen molar-refractivity contribution in [2.45, 2.75) is 58.5 Å². The highest BCUT2D eigenvalue weighted by Crippen LogP contribution is 2.30. The van der Waals surface area contributed by atoms with E-state index in [1.54, 1.807) is 17.9 Å². The summed E-state index contributed by atoms with van der Waals surface area (Å²) >= 11 is 0. The molecule has 1 fully saturated rings. The number of hydrogen-bond acceptors (Lipinski definition) is 4. The van der Waals surface area contributed by atoms with E-state index in [0.29, 0.717) is 30.6 Å². The molecule has 0 radical (unpaired) electrons. The Labute approximate surface area is 149 Å². The van der Waals surface area contributed by atoms with Gasteiger partial charge in [-0.15, -0.1) is 0 Å². The lowest BCUT2D eigenvalue weighted by atomic mass is 9.87. The van der Waals surface area contributed by atoms with Crippen LogP contribution < -0.4 is 0 Å². The summed E-state index contributed by atoms with van der Waals surface area (Å²) in [6, 6.07) is 5.50. The molecule has 2 rings (SSSR count). The molecule has 0 atom stereocenters. The van der Waals surface area contributed by atoms with Crippen LogP contribution in [0.15, 0.2) is 18.2 Å². The van der Waals surface area contributed by atoms with E-state index in [4.69, 9.17) is 4.74 Å². The standard InChI is InChI=1S/C20H27NO4/c1-5-18(23)17-12-15(6-7-16(17)13-22)14-8-10-21(11-9-14)19(24)25-20(2,3)4/h6-7,12-14H,5,8-11H2,1-4H3. The molecule has 0 aromatic heterocycles. The monoisotopic (exact) mass is 345 g/mol. The zero-order valence-electron chi connectivity index (χ0n) is 15.5. The van der Waals surface area contributed by atoms with Gasteiger partial charge in [0.05, 0.1) is 0 Å². The smallest absolute Gasteiger partial charge is 0.410 e. The number of amides is 1. The van der Waals surface area contributed by atoms with Crippen molar-refractivity contribution in [2.75, 3.05) is 13.1 Å². The van der Waals surface area contributed by atoms with Crippen molar-refractivity contribution in [3.05, 3.63) is 34.9 Å². The lowest BCUT2D eigenvalue weighted by Gasteiger charge is -2.33. The van der Waals surface area contributed by atoms with Crippen LogP contribution in [0.2, 0.25) is 0 Å². The topological polar surface area (TPSA) is 63.7 Å². The van der Waals surface area contributed by atoms with Gasteiger partial charge in [0.2, 0.25) is 0 Å². The largest absolute Gasteiger partial charge is 0.444 e. The molecule has 1 saturated heterocycles. The zero-order chi connectivity index (χ0) is 18.6. The molecule has 1 aromatic carbocycles. The Balaban J connectivity index is 2.07. The lowest BCUT2D eigenvalue weighted by molar-refractivity contribution is 0.0204. The lowest BCUT2D eigenvalue weighted by Crippen LogP contribution is -2.41. The normalized spacial score (nSPS) is 15.8. The van der Waals surface area contributed by atoms with E-state index in [1.807, 2.05) is 32.9 Å². The minimum Gasteiger partial charge on any atom is -0.444 e. The van der Waals surface area contributed by atoms with Gasteiger partial charge in [-0.05, 0) is 51.2 Å². The van der Waals surface area contributed by atoms with E-state index in [0.717, 1.165) is 24.7 Å². The highest BCUT2D eigenvalue weighted by Gasteiger charge is 2.28. The Morgan fingerprint density at radius 3 is 2.40 bits per heavy atom. The first-order valence-corrected chi connectivity index (χ1v) is 8.85. The van der Waals surface area contributed by atoms with Gasteiger partial charge >= 0.3 is 6.09 Å². The predicted molar refractivity (Wildman–Crippen MR) is 96.2 cm³/mol. The Morgan fingerprint density at radius 2 is 1.88 bits per heavy atom. The Hall–Kier alpha value is -2.17. The molecule has 136 valence electrons. The molecule has 1 heterocycles. The maximum atomic E-state index is 12.1. The summed E-state index contributed by atoms with van der Waals surface area (Å²) < 4.78 is 5.42. The Bertz CT molecular complexity index is 652. The van der Waals surface area contributed by atoms with Gasteiger partial charge in [0, 0.05) is 30.6 Å². The molecule has 0 aliphatic carbocycles. The third-order valence-electron chi connectivity index (χ3n) is 4.44. The van der Waals surface area contributed by atoms with Crippen LogP contribution in [0.4, 0.5) is 4.79 Å². The molecule has 0 N–H and O–H groups in total. The molecule has 1 aliphatic rings. The third kappa shape index (κ3) is 4.91. The van der Waals surface area contributed by atoms with E-state index in [1.165, 1.54) is 0 Å². The van der Waals surface area contributed by atoms with Gasteiger partial charge in [-0.3, -0.25) is 9.59 Å². The van der Waals surface area contributed by atoms with Gasteiger partial charge in [0.1, 0.15) is 5.60 Å². The maximum Gasteiger partial charge on any atom is 0.410 e. The minimum absolute atomic E-state index is 0.0184. The summed E-state index contributed by atoms with van der Waals surface area (Å²) in [5, 5.41) is 0. The summed E-state index contributed by atoms with van der Waals surface area (Å²) in [6.07, 6.45) is 2.47. The molecule has 1 aromatic rings. The van der Waals surface area contributed by atoms with Gasteiger partial charge in [-0.1, -0.05) is 19.1 Å². The summed E-state index contributed by atoms with van der Waals surface area (Å²) in [7, 11) is 0. The molecule has 5 nitrogen and oxygen atoms in total. The number of benzene rings is 1. The fourth-order valence-electron chi connectivity index (χ4n) is 3.08. The summed E-state index contributed by atoms with van der Waals surface area (Å²) in [5.74, 6) is 0.262. The second-order valence-corrected chi connectivity index (χ2v) is 7.48. The number of piperidine rings is 1. The molecular weight excluding hydrogens is 318 g/mol. The van der Waals surface area contributed by atoms with E-state index >= 15 is 0 Å². The van der Waals surface area contributed by atoms with Gasteiger partial charge in [-0.2, -0.15) is 0 Å². The number of nitrogens with zero attached hydrogens (tertiary/aromatic N) is 1. The second-order valence-electron chi connectivity index (χ2n) is 7.48. The molecule has 0 unspecified atom stereocenters. The van der Waals surface area contributed by atoms with Crippen LogP contribution in [-0.4, -0.2) is 41.8 Å². The summed E-state index contributed by atoms with van der Waals surface area (Å²) in [6.45, 7) is 8.64. The quantitative estimate of drug-likeness (QED) is 0.606. The second kappa shape index (κ2) is 7.81. The number of likely N-dealkylation sites (tertiary alicyclic amines) is 1. The number of Topliss-reactive ketones (excluding diaryl/α,β-unsaturated/α-hetero) is 1. The fraction of sp³-hybridized carbons (Fsp3) is 0.550. The predicted octanol–water partition coefficient (Wildman–Crippen LogP) is 4.21. The molecule has 25 heavy (non-hydrogen) atoms. The van der Waals surface area contributed by atoms with Crippen molar-refractivity contribution >= 4 is 18.2 Å². The van der Waals surface area contributed by atoms with Gasteiger partial charge in [-0.25, -0.2) is 4.79 Å². The van der Waals surface area contributed by atoms with Crippen molar-refractivity contribution in [1.29, 1.82) is 0 Å². The fourth-order valence-corrected chi connectivity index (χ4v) is 3.08. The third-order valence-corrected chi connectivity index (χ3v) is 4.44. The molecule has 1 aliphatic heterocycles. The van der Waals surface area contributed by atoms with E-state index in [2.05, 4.69) is 0 Å². The van der Waals surface area contributed by atoms with Crippen molar-refractivity contribution in [3.8, 4) is 0 Å². The van der Waals surface area contributed by atoms with E-state index in [9.17, 15) is 14.4 Å². The number of aldehydes is 1. The number of carbonyl (C=O) groups is 3. The van der Waals surface area contributed by atoms with Crippen LogP contribution in [0, 0.1) is 0 Å². The van der Waals surface area contributed by atoms with E-state index in [-0.39, 0.29) is 17.8 Å². The highest BCUT2D eigenvalue weighted by molar-refractivity contribution is 6.02. The number of rotatable bonds is 4. The zero-order valence-corrected chi connectivity index (χ0v) is 15.5. The molecule has 0 saturated carbocycles. The number of ketones is 1. The van der Waals surface area contributed by atoms with Gasteiger partial charge in [0.25, 0.3) is 0 Å². The van der Waals surface area contributed by atoms with Crippen LogP contribution in [0.25, 0.3) is 0 Å². The maximum absolute atomic E-state index is 12.1. The summed E-state index contributed by atoms with van der Waals surface area (Å²) in [4.78, 5) is 37.1. The Morgan fingerprint density at radius 1 is 1.24 bits per heavy atom. The molecular formula is C20H27NO4. The van der Waals surface area contributed by atoms with E-state index < -0.39 is 5.60 Å². The van der Waals surface area contributed by atoms with Crippen LogP contribution >= 0.6 is 0 Å². The van der Waals surface area contributed by atoms with Crippen molar-refractivity contribution < 1.29 is 19.1 Å². The number of ether oxygens (including phenoxy) is 1.